The average molecular weight is 178 g/mol. The highest BCUT2D eigenvalue weighted by Gasteiger charge is 2.21. The Labute approximate surface area is 82.7 Å². The van der Waals surface area contributed by atoms with E-state index in [4.69, 9.17) is 0 Å². The standard InChI is InChI=1S/C13H22/c1-10(2)8-9-13-11(3)6-5-7-12(13)4/h6,12-13H,1,5,7-9H2,2-4H3/t12-,13+/m1/s1. The molecule has 0 aromatic rings. The predicted molar refractivity (Wildman–Crippen MR) is 59.7 cm³/mol. The SMILES string of the molecule is C=C(C)CC[C@H]1C(C)=CCC[C@H]1C. The quantitative estimate of drug-likeness (QED) is 0.564. The topological polar surface area (TPSA) is 0 Å². The first-order valence-corrected chi connectivity index (χ1v) is 5.42. The van der Waals surface area contributed by atoms with Crippen molar-refractivity contribution in [1.82, 2.24) is 0 Å². The highest BCUT2D eigenvalue weighted by Crippen LogP contribution is 2.33. The van der Waals surface area contributed by atoms with E-state index in [0.29, 0.717) is 0 Å². The second kappa shape index (κ2) is 4.64. The van der Waals surface area contributed by atoms with Crippen molar-refractivity contribution in [3.63, 3.8) is 0 Å². The van der Waals surface area contributed by atoms with Crippen LogP contribution in [0.25, 0.3) is 0 Å². The number of rotatable bonds is 3. The lowest BCUT2D eigenvalue weighted by molar-refractivity contribution is 0.347. The summed E-state index contributed by atoms with van der Waals surface area (Å²) in [5.41, 5.74) is 2.94. The first-order valence-electron chi connectivity index (χ1n) is 5.42. The van der Waals surface area contributed by atoms with Crippen LogP contribution in [0.5, 0.6) is 0 Å². The maximum Gasteiger partial charge on any atom is -0.0177 e. The maximum absolute atomic E-state index is 3.97. The molecule has 0 nitrogen and oxygen atoms in total. The predicted octanol–water partition coefficient (Wildman–Crippen LogP) is 4.34. The van der Waals surface area contributed by atoms with E-state index in [1.54, 1.807) is 5.57 Å². The second-order valence-electron chi connectivity index (χ2n) is 4.61. The van der Waals surface area contributed by atoms with Crippen molar-refractivity contribution in [3.8, 4) is 0 Å². The summed E-state index contributed by atoms with van der Waals surface area (Å²) in [7, 11) is 0. The van der Waals surface area contributed by atoms with E-state index in [9.17, 15) is 0 Å². The van der Waals surface area contributed by atoms with Gasteiger partial charge in [-0.05, 0) is 51.4 Å². The van der Waals surface area contributed by atoms with Crippen molar-refractivity contribution in [1.29, 1.82) is 0 Å². The first kappa shape index (κ1) is 10.6. The van der Waals surface area contributed by atoms with E-state index in [2.05, 4.69) is 33.4 Å². The first-order chi connectivity index (χ1) is 6.11. The lowest BCUT2D eigenvalue weighted by Gasteiger charge is -2.28. The van der Waals surface area contributed by atoms with Crippen molar-refractivity contribution in [2.75, 3.05) is 0 Å². The fraction of sp³-hybridized carbons (Fsp3) is 0.692. The lowest BCUT2D eigenvalue weighted by atomic mass is 9.77. The molecule has 0 radical (unpaired) electrons. The van der Waals surface area contributed by atoms with Gasteiger partial charge in [-0.1, -0.05) is 24.1 Å². The zero-order chi connectivity index (χ0) is 9.84. The third-order valence-electron chi connectivity index (χ3n) is 3.24. The van der Waals surface area contributed by atoms with E-state index in [-0.39, 0.29) is 0 Å². The van der Waals surface area contributed by atoms with Gasteiger partial charge in [0, 0.05) is 0 Å². The molecule has 1 aliphatic carbocycles. The Hall–Kier alpha value is -0.520. The van der Waals surface area contributed by atoms with Crippen molar-refractivity contribution >= 4 is 0 Å². The third-order valence-corrected chi connectivity index (χ3v) is 3.24. The van der Waals surface area contributed by atoms with Crippen LogP contribution in [0.2, 0.25) is 0 Å². The summed E-state index contributed by atoms with van der Waals surface area (Å²) < 4.78 is 0. The van der Waals surface area contributed by atoms with E-state index >= 15 is 0 Å². The summed E-state index contributed by atoms with van der Waals surface area (Å²) in [4.78, 5) is 0. The van der Waals surface area contributed by atoms with E-state index in [1.165, 1.54) is 31.3 Å². The van der Waals surface area contributed by atoms with Gasteiger partial charge < -0.3 is 0 Å². The van der Waals surface area contributed by atoms with Gasteiger partial charge in [0.15, 0.2) is 0 Å². The number of hydrogen-bond acceptors (Lipinski definition) is 0. The summed E-state index contributed by atoms with van der Waals surface area (Å²) >= 11 is 0. The van der Waals surface area contributed by atoms with Gasteiger partial charge in [0.1, 0.15) is 0 Å². The average Bonchev–Trinajstić information content (AvgIpc) is 2.03. The molecule has 0 unspecified atom stereocenters. The molecule has 13 heavy (non-hydrogen) atoms. The van der Waals surface area contributed by atoms with Crippen LogP contribution in [-0.2, 0) is 0 Å². The Morgan fingerprint density at radius 3 is 2.85 bits per heavy atom. The molecule has 0 heterocycles. The van der Waals surface area contributed by atoms with Gasteiger partial charge in [-0.3, -0.25) is 0 Å². The Bertz CT molecular complexity index is 210. The van der Waals surface area contributed by atoms with Crippen LogP contribution < -0.4 is 0 Å². The second-order valence-corrected chi connectivity index (χ2v) is 4.61. The molecule has 0 fully saturated rings. The van der Waals surface area contributed by atoms with Gasteiger partial charge in [0.25, 0.3) is 0 Å². The molecule has 0 saturated carbocycles. The molecule has 0 spiro atoms. The van der Waals surface area contributed by atoms with Gasteiger partial charge in [0.05, 0.1) is 0 Å². The van der Waals surface area contributed by atoms with Crippen LogP contribution in [0.1, 0.15) is 46.5 Å². The molecular weight excluding hydrogens is 156 g/mol. The summed E-state index contributed by atoms with van der Waals surface area (Å²) in [5.74, 6) is 1.70. The molecule has 0 aliphatic heterocycles. The van der Waals surface area contributed by atoms with Crippen LogP contribution in [0.3, 0.4) is 0 Å². The Kier molecular flexibility index (Phi) is 3.77. The normalized spacial score (nSPS) is 28.4. The number of hydrogen-bond donors (Lipinski definition) is 0. The summed E-state index contributed by atoms with van der Waals surface area (Å²) in [6.07, 6.45) is 7.58. The largest absolute Gasteiger partial charge is 0.100 e. The summed E-state index contributed by atoms with van der Waals surface area (Å²) in [6, 6.07) is 0. The molecule has 74 valence electrons. The molecule has 0 N–H and O–H groups in total. The van der Waals surface area contributed by atoms with Gasteiger partial charge in [0.2, 0.25) is 0 Å². The van der Waals surface area contributed by atoms with Crippen molar-refractivity contribution in [2.45, 2.75) is 46.5 Å². The Morgan fingerprint density at radius 2 is 2.31 bits per heavy atom. The molecule has 0 saturated heterocycles. The molecule has 0 bridgehead atoms. The van der Waals surface area contributed by atoms with E-state index in [0.717, 1.165) is 11.8 Å². The molecule has 0 heteroatoms. The van der Waals surface area contributed by atoms with Crippen molar-refractivity contribution in [2.24, 2.45) is 11.8 Å². The molecule has 1 rings (SSSR count). The lowest BCUT2D eigenvalue weighted by Crippen LogP contribution is -2.16. The molecule has 2 atom stereocenters. The minimum atomic E-state index is 0.824. The van der Waals surface area contributed by atoms with Gasteiger partial charge >= 0.3 is 0 Å². The smallest absolute Gasteiger partial charge is 0.0177 e. The number of allylic oxidation sites excluding steroid dienone is 3. The van der Waals surface area contributed by atoms with Crippen LogP contribution in [0, 0.1) is 11.8 Å². The Balaban J connectivity index is 2.50. The van der Waals surface area contributed by atoms with Crippen LogP contribution in [0.15, 0.2) is 23.8 Å². The van der Waals surface area contributed by atoms with Gasteiger partial charge in [-0.25, -0.2) is 0 Å². The molecule has 0 amide bonds. The molecule has 0 aromatic heterocycles. The summed E-state index contributed by atoms with van der Waals surface area (Å²) in [6.45, 7) is 10.8. The zero-order valence-electron chi connectivity index (χ0n) is 9.27. The minimum absolute atomic E-state index is 0.824. The monoisotopic (exact) mass is 178 g/mol. The molecule has 1 aliphatic rings. The van der Waals surface area contributed by atoms with Crippen molar-refractivity contribution in [3.05, 3.63) is 23.8 Å². The van der Waals surface area contributed by atoms with Crippen LogP contribution in [-0.4, -0.2) is 0 Å². The van der Waals surface area contributed by atoms with Gasteiger partial charge in [-0.2, -0.15) is 0 Å². The van der Waals surface area contributed by atoms with Crippen molar-refractivity contribution < 1.29 is 0 Å². The third kappa shape index (κ3) is 3.02. The maximum atomic E-state index is 3.97. The van der Waals surface area contributed by atoms with Crippen LogP contribution in [0.4, 0.5) is 0 Å². The fourth-order valence-electron chi connectivity index (χ4n) is 2.29. The minimum Gasteiger partial charge on any atom is -0.100 e. The van der Waals surface area contributed by atoms with E-state index in [1.807, 2.05) is 0 Å². The molecular formula is C13H22. The Morgan fingerprint density at radius 1 is 1.62 bits per heavy atom. The zero-order valence-corrected chi connectivity index (χ0v) is 9.27. The van der Waals surface area contributed by atoms with E-state index < -0.39 is 0 Å². The summed E-state index contributed by atoms with van der Waals surface area (Å²) in [5, 5.41) is 0. The highest BCUT2D eigenvalue weighted by molar-refractivity contribution is 5.09. The highest BCUT2D eigenvalue weighted by atomic mass is 14.3. The van der Waals surface area contributed by atoms with Gasteiger partial charge in [-0.15, -0.1) is 6.58 Å². The molecule has 0 aromatic carbocycles. The fourth-order valence-corrected chi connectivity index (χ4v) is 2.29. The van der Waals surface area contributed by atoms with Crippen LogP contribution >= 0.6 is 0 Å².